The minimum Gasteiger partial charge on any atom is -0.484 e. The van der Waals surface area contributed by atoms with Gasteiger partial charge in [0, 0.05) is 6.54 Å². The molecule has 2 N–H and O–H groups in total. The van der Waals surface area contributed by atoms with Crippen molar-refractivity contribution >= 4 is 5.91 Å². The molecule has 4 nitrogen and oxygen atoms in total. The monoisotopic (exact) mass is 290 g/mol. The molecule has 0 atom stereocenters. The highest BCUT2D eigenvalue weighted by Gasteiger charge is 2.29. The number of amides is 1. The van der Waals surface area contributed by atoms with Gasteiger partial charge in [-0.1, -0.05) is 0 Å². The van der Waals surface area contributed by atoms with Crippen LogP contribution in [-0.2, 0) is 11.0 Å². The summed E-state index contributed by atoms with van der Waals surface area (Å²) in [5.41, 5.74) is -0.749. The number of carbonyl (C=O) groups excluding carboxylic acids is 1. The summed E-state index contributed by atoms with van der Waals surface area (Å²) >= 11 is 0. The maximum absolute atomic E-state index is 12.3. The zero-order valence-electron chi connectivity index (χ0n) is 11.1. The molecule has 112 valence electrons. The van der Waals surface area contributed by atoms with E-state index in [1.807, 2.05) is 7.05 Å². The van der Waals surface area contributed by atoms with Gasteiger partial charge in [0.2, 0.25) is 0 Å². The van der Waals surface area contributed by atoms with Gasteiger partial charge in [-0.25, -0.2) is 0 Å². The van der Waals surface area contributed by atoms with E-state index in [1.54, 1.807) is 0 Å². The van der Waals surface area contributed by atoms with Crippen molar-refractivity contribution in [1.29, 1.82) is 0 Å². The van der Waals surface area contributed by atoms with Gasteiger partial charge in [0.15, 0.2) is 6.61 Å². The minimum absolute atomic E-state index is 0.217. The Labute approximate surface area is 115 Å². The number of benzene rings is 1. The third kappa shape index (κ3) is 5.92. The van der Waals surface area contributed by atoms with E-state index in [0.29, 0.717) is 6.54 Å². The molecule has 0 aliphatic carbocycles. The molecule has 0 saturated carbocycles. The van der Waals surface area contributed by atoms with Crippen molar-refractivity contribution in [3.05, 3.63) is 29.8 Å². The fourth-order valence-electron chi connectivity index (χ4n) is 1.43. The van der Waals surface area contributed by atoms with Gasteiger partial charge in [-0.05, 0) is 44.3 Å². The van der Waals surface area contributed by atoms with E-state index in [9.17, 15) is 18.0 Å². The standard InChI is InChI=1S/C13H17F3N2O2/c1-17-7-2-8-18-12(19)9-20-11-5-3-10(4-6-11)13(14,15)16/h3-6,17H,2,7-9H2,1H3,(H,18,19). The molecule has 0 radical (unpaired) electrons. The summed E-state index contributed by atoms with van der Waals surface area (Å²) in [6, 6.07) is 4.22. The average molecular weight is 290 g/mol. The lowest BCUT2D eigenvalue weighted by Crippen LogP contribution is -2.30. The van der Waals surface area contributed by atoms with E-state index in [0.717, 1.165) is 25.1 Å². The lowest BCUT2D eigenvalue weighted by atomic mass is 10.2. The molecule has 7 heteroatoms. The minimum atomic E-state index is -4.37. The Hall–Kier alpha value is -1.76. The number of alkyl halides is 3. The van der Waals surface area contributed by atoms with Crippen molar-refractivity contribution in [3.8, 4) is 5.75 Å². The summed E-state index contributed by atoms with van der Waals surface area (Å²) < 4.78 is 42.1. The fraction of sp³-hybridized carbons (Fsp3) is 0.462. The Kier molecular flexibility index (Phi) is 6.30. The van der Waals surface area contributed by atoms with Crippen molar-refractivity contribution in [2.24, 2.45) is 0 Å². The zero-order chi connectivity index (χ0) is 15.0. The summed E-state index contributed by atoms with van der Waals surface area (Å²) in [4.78, 5) is 11.4. The van der Waals surface area contributed by atoms with Crippen LogP contribution in [0.25, 0.3) is 0 Å². The van der Waals surface area contributed by atoms with Gasteiger partial charge in [-0.3, -0.25) is 4.79 Å². The Morgan fingerprint density at radius 2 is 1.85 bits per heavy atom. The lowest BCUT2D eigenvalue weighted by molar-refractivity contribution is -0.137. The fourth-order valence-corrected chi connectivity index (χ4v) is 1.43. The van der Waals surface area contributed by atoms with Crippen LogP contribution in [0.15, 0.2) is 24.3 Å². The molecule has 0 spiro atoms. The molecule has 0 saturated heterocycles. The predicted molar refractivity (Wildman–Crippen MR) is 68.5 cm³/mol. The molecule has 0 aromatic heterocycles. The molecule has 0 bridgehead atoms. The molecule has 1 rings (SSSR count). The predicted octanol–water partition coefficient (Wildman–Crippen LogP) is 1.81. The lowest BCUT2D eigenvalue weighted by Gasteiger charge is -2.09. The number of nitrogens with one attached hydrogen (secondary N) is 2. The molecule has 1 aromatic rings. The number of halogens is 3. The van der Waals surface area contributed by atoms with Crippen molar-refractivity contribution in [2.75, 3.05) is 26.7 Å². The Balaban J connectivity index is 2.33. The van der Waals surface area contributed by atoms with Crippen LogP contribution < -0.4 is 15.4 Å². The van der Waals surface area contributed by atoms with Crippen LogP contribution in [0, 0.1) is 0 Å². The second kappa shape index (κ2) is 7.74. The van der Waals surface area contributed by atoms with Gasteiger partial charge >= 0.3 is 6.18 Å². The van der Waals surface area contributed by atoms with E-state index in [2.05, 4.69) is 10.6 Å². The SMILES string of the molecule is CNCCCNC(=O)COc1ccc(C(F)(F)F)cc1. The summed E-state index contributed by atoms with van der Waals surface area (Å²) in [5, 5.41) is 5.58. The molecule has 1 amide bonds. The first-order valence-electron chi connectivity index (χ1n) is 6.15. The van der Waals surface area contributed by atoms with Crippen molar-refractivity contribution in [2.45, 2.75) is 12.6 Å². The number of hydrogen-bond acceptors (Lipinski definition) is 3. The van der Waals surface area contributed by atoms with Crippen molar-refractivity contribution in [3.63, 3.8) is 0 Å². The first kappa shape index (κ1) is 16.3. The smallest absolute Gasteiger partial charge is 0.416 e. The Bertz CT molecular complexity index is 419. The molecular weight excluding hydrogens is 273 g/mol. The highest BCUT2D eigenvalue weighted by molar-refractivity contribution is 5.77. The number of ether oxygens (including phenoxy) is 1. The summed E-state index contributed by atoms with van der Waals surface area (Å²) in [6.07, 6.45) is -3.58. The highest BCUT2D eigenvalue weighted by atomic mass is 19.4. The number of rotatable bonds is 7. The van der Waals surface area contributed by atoms with Gasteiger partial charge in [0.1, 0.15) is 5.75 Å². The maximum Gasteiger partial charge on any atom is 0.416 e. The van der Waals surface area contributed by atoms with E-state index in [-0.39, 0.29) is 18.3 Å². The molecule has 20 heavy (non-hydrogen) atoms. The van der Waals surface area contributed by atoms with Crippen molar-refractivity contribution < 1.29 is 22.7 Å². The van der Waals surface area contributed by atoms with E-state index < -0.39 is 11.7 Å². The van der Waals surface area contributed by atoms with Crippen LogP contribution in [-0.4, -0.2) is 32.7 Å². The van der Waals surface area contributed by atoms with Gasteiger partial charge in [0.25, 0.3) is 5.91 Å². The molecule has 0 aliphatic heterocycles. The quantitative estimate of drug-likeness (QED) is 0.753. The van der Waals surface area contributed by atoms with E-state index in [1.165, 1.54) is 12.1 Å². The average Bonchev–Trinajstić information content (AvgIpc) is 2.41. The van der Waals surface area contributed by atoms with Crippen LogP contribution >= 0.6 is 0 Å². The largest absolute Gasteiger partial charge is 0.484 e. The van der Waals surface area contributed by atoms with Crippen LogP contribution in [0.4, 0.5) is 13.2 Å². The van der Waals surface area contributed by atoms with E-state index >= 15 is 0 Å². The maximum atomic E-state index is 12.3. The summed E-state index contributed by atoms with van der Waals surface area (Å²) in [6.45, 7) is 1.10. The normalized spacial score (nSPS) is 11.2. The van der Waals surface area contributed by atoms with Gasteiger partial charge < -0.3 is 15.4 Å². The third-order valence-electron chi connectivity index (χ3n) is 2.48. The second-order valence-electron chi connectivity index (χ2n) is 4.12. The Morgan fingerprint density at radius 3 is 2.40 bits per heavy atom. The van der Waals surface area contributed by atoms with Crippen LogP contribution in [0.1, 0.15) is 12.0 Å². The van der Waals surface area contributed by atoms with Crippen molar-refractivity contribution in [1.82, 2.24) is 10.6 Å². The summed E-state index contributed by atoms with van der Waals surface area (Å²) in [5.74, 6) is -0.0793. The molecular formula is C13H17F3N2O2. The van der Waals surface area contributed by atoms with Gasteiger partial charge in [-0.2, -0.15) is 13.2 Å². The number of hydrogen-bond donors (Lipinski definition) is 2. The second-order valence-corrected chi connectivity index (χ2v) is 4.12. The molecule has 0 heterocycles. The first-order valence-corrected chi connectivity index (χ1v) is 6.15. The first-order chi connectivity index (χ1) is 9.43. The van der Waals surface area contributed by atoms with E-state index in [4.69, 9.17) is 4.74 Å². The highest BCUT2D eigenvalue weighted by Crippen LogP contribution is 2.30. The van der Waals surface area contributed by atoms with Crippen LogP contribution in [0.2, 0.25) is 0 Å². The topological polar surface area (TPSA) is 50.4 Å². The summed E-state index contributed by atoms with van der Waals surface area (Å²) in [7, 11) is 1.82. The molecule has 0 unspecified atom stereocenters. The molecule has 0 aliphatic rings. The third-order valence-corrected chi connectivity index (χ3v) is 2.48. The molecule has 1 aromatic carbocycles. The zero-order valence-corrected chi connectivity index (χ0v) is 11.1. The van der Waals surface area contributed by atoms with Crippen LogP contribution in [0.3, 0.4) is 0 Å². The molecule has 0 fully saturated rings. The van der Waals surface area contributed by atoms with Crippen LogP contribution in [0.5, 0.6) is 5.75 Å². The van der Waals surface area contributed by atoms with Gasteiger partial charge in [-0.15, -0.1) is 0 Å². The van der Waals surface area contributed by atoms with Gasteiger partial charge in [0.05, 0.1) is 5.56 Å². The Morgan fingerprint density at radius 1 is 1.20 bits per heavy atom. The number of carbonyl (C=O) groups is 1.